The van der Waals surface area contributed by atoms with Crippen molar-refractivity contribution in [1.29, 1.82) is 0 Å². The molecule has 2 amide bonds. The summed E-state index contributed by atoms with van der Waals surface area (Å²) in [4.78, 5) is 28.0. The van der Waals surface area contributed by atoms with Gasteiger partial charge in [-0.05, 0) is 31.4 Å². The van der Waals surface area contributed by atoms with E-state index in [0.29, 0.717) is 31.5 Å². The standard InChI is InChI=1S/C18H25N3O2/c19-17(23)18(21-11-5-2-6-12-21)9-13-20(14-10-18)16(22)15-7-3-1-4-8-15/h1,3-4,7-8H,2,5-6,9-14H2,(H2,19,23)/p+1. The monoisotopic (exact) mass is 316 g/mol. The summed E-state index contributed by atoms with van der Waals surface area (Å²) < 4.78 is 0. The molecule has 0 aromatic heterocycles. The lowest BCUT2D eigenvalue weighted by atomic mass is 9.83. The fourth-order valence-electron chi connectivity index (χ4n) is 4.09. The summed E-state index contributed by atoms with van der Waals surface area (Å²) in [6.45, 7) is 3.27. The maximum absolute atomic E-state index is 12.6. The van der Waals surface area contributed by atoms with Gasteiger partial charge in [0.2, 0.25) is 0 Å². The second kappa shape index (κ2) is 6.71. The van der Waals surface area contributed by atoms with E-state index in [4.69, 9.17) is 5.73 Å². The summed E-state index contributed by atoms with van der Waals surface area (Å²) in [7, 11) is 0. The first-order chi connectivity index (χ1) is 11.1. The van der Waals surface area contributed by atoms with Crippen LogP contribution in [0.15, 0.2) is 30.3 Å². The van der Waals surface area contributed by atoms with E-state index in [0.717, 1.165) is 25.9 Å². The van der Waals surface area contributed by atoms with Crippen LogP contribution in [0.5, 0.6) is 0 Å². The Morgan fingerprint density at radius 2 is 1.61 bits per heavy atom. The highest BCUT2D eigenvalue weighted by molar-refractivity contribution is 5.94. The van der Waals surface area contributed by atoms with Crippen LogP contribution in [0.25, 0.3) is 0 Å². The molecule has 2 aliphatic rings. The van der Waals surface area contributed by atoms with Crippen molar-refractivity contribution in [2.24, 2.45) is 5.73 Å². The molecule has 0 unspecified atom stereocenters. The van der Waals surface area contributed by atoms with E-state index in [1.165, 1.54) is 11.3 Å². The minimum absolute atomic E-state index is 0.0531. The van der Waals surface area contributed by atoms with Crippen molar-refractivity contribution in [3.63, 3.8) is 0 Å². The van der Waals surface area contributed by atoms with Crippen LogP contribution in [0.4, 0.5) is 0 Å². The van der Waals surface area contributed by atoms with E-state index in [1.54, 1.807) is 0 Å². The Morgan fingerprint density at radius 3 is 2.17 bits per heavy atom. The molecular formula is C18H26N3O2+. The minimum atomic E-state index is -0.478. The molecule has 1 aromatic carbocycles. The first kappa shape index (κ1) is 16.0. The number of amides is 2. The molecule has 3 N–H and O–H groups in total. The molecule has 3 rings (SSSR count). The maximum atomic E-state index is 12.6. The highest BCUT2D eigenvalue weighted by atomic mass is 16.2. The average Bonchev–Trinajstić information content (AvgIpc) is 2.62. The van der Waals surface area contributed by atoms with Gasteiger partial charge in [0.15, 0.2) is 5.54 Å². The molecule has 0 spiro atoms. The van der Waals surface area contributed by atoms with Gasteiger partial charge in [-0.1, -0.05) is 18.2 Å². The van der Waals surface area contributed by atoms with E-state index in [1.807, 2.05) is 35.2 Å². The van der Waals surface area contributed by atoms with Gasteiger partial charge in [0.25, 0.3) is 11.8 Å². The number of carbonyl (C=O) groups excluding carboxylic acids is 2. The number of nitrogens with two attached hydrogens (primary N) is 1. The van der Waals surface area contributed by atoms with E-state index in [9.17, 15) is 9.59 Å². The number of hydrogen-bond donors (Lipinski definition) is 2. The Bertz CT molecular complexity index is 559. The van der Waals surface area contributed by atoms with Gasteiger partial charge >= 0.3 is 0 Å². The van der Waals surface area contributed by atoms with Gasteiger partial charge in [0.05, 0.1) is 13.1 Å². The number of primary amides is 1. The number of hydrogen-bond acceptors (Lipinski definition) is 2. The summed E-state index contributed by atoms with van der Waals surface area (Å²) >= 11 is 0. The van der Waals surface area contributed by atoms with E-state index in [2.05, 4.69) is 0 Å². The van der Waals surface area contributed by atoms with Gasteiger partial charge in [0.1, 0.15) is 0 Å². The molecule has 0 atom stereocenters. The number of piperidine rings is 2. The van der Waals surface area contributed by atoms with Gasteiger partial charge in [0, 0.05) is 31.5 Å². The normalized spacial score (nSPS) is 21.8. The topological polar surface area (TPSA) is 67.8 Å². The highest BCUT2D eigenvalue weighted by Gasteiger charge is 2.49. The maximum Gasteiger partial charge on any atom is 0.278 e. The predicted octanol–water partition coefficient (Wildman–Crippen LogP) is 0.216. The molecular weight excluding hydrogens is 290 g/mol. The third-order valence-electron chi connectivity index (χ3n) is 5.53. The number of quaternary nitrogens is 1. The number of nitrogens with zero attached hydrogens (tertiary/aromatic N) is 1. The molecule has 0 radical (unpaired) electrons. The summed E-state index contributed by atoms with van der Waals surface area (Å²) in [5.41, 5.74) is 6.04. The summed E-state index contributed by atoms with van der Waals surface area (Å²) in [6, 6.07) is 9.35. The molecule has 5 nitrogen and oxygen atoms in total. The largest absolute Gasteiger partial charge is 0.364 e. The minimum Gasteiger partial charge on any atom is -0.364 e. The van der Waals surface area contributed by atoms with Gasteiger partial charge in [-0.2, -0.15) is 0 Å². The van der Waals surface area contributed by atoms with Crippen molar-refractivity contribution >= 4 is 11.8 Å². The van der Waals surface area contributed by atoms with E-state index >= 15 is 0 Å². The summed E-state index contributed by atoms with van der Waals surface area (Å²) in [5.74, 6) is -0.140. The molecule has 5 heteroatoms. The molecule has 0 bridgehead atoms. The number of rotatable bonds is 3. The third-order valence-corrected chi connectivity index (χ3v) is 5.53. The quantitative estimate of drug-likeness (QED) is 0.837. The van der Waals surface area contributed by atoms with Crippen LogP contribution in [-0.2, 0) is 4.79 Å². The van der Waals surface area contributed by atoms with Crippen molar-refractivity contribution in [3.8, 4) is 0 Å². The van der Waals surface area contributed by atoms with Crippen LogP contribution in [0.1, 0.15) is 42.5 Å². The summed E-state index contributed by atoms with van der Waals surface area (Å²) in [6.07, 6.45) is 4.93. The van der Waals surface area contributed by atoms with Crippen LogP contribution >= 0.6 is 0 Å². The lowest BCUT2D eigenvalue weighted by Gasteiger charge is -2.45. The van der Waals surface area contributed by atoms with Crippen LogP contribution < -0.4 is 10.6 Å². The Morgan fingerprint density at radius 1 is 1.00 bits per heavy atom. The van der Waals surface area contributed by atoms with Gasteiger partial charge in [-0.25, -0.2) is 0 Å². The van der Waals surface area contributed by atoms with Crippen molar-refractivity contribution in [1.82, 2.24) is 4.90 Å². The molecule has 0 aliphatic carbocycles. The zero-order valence-electron chi connectivity index (χ0n) is 13.6. The number of nitrogens with one attached hydrogen (secondary N) is 1. The van der Waals surface area contributed by atoms with Crippen molar-refractivity contribution in [3.05, 3.63) is 35.9 Å². The molecule has 2 saturated heterocycles. The second-order valence-electron chi connectivity index (χ2n) is 6.77. The zero-order valence-corrected chi connectivity index (χ0v) is 13.6. The molecule has 23 heavy (non-hydrogen) atoms. The molecule has 2 aliphatic heterocycles. The molecule has 2 fully saturated rings. The second-order valence-corrected chi connectivity index (χ2v) is 6.77. The fourth-order valence-corrected chi connectivity index (χ4v) is 4.09. The lowest BCUT2D eigenvalue weighted by Crippen LogP contribution is -3.22. The Kier molecular flexibility index (Phi) is 4.66. The molecule has 124 valence electrons. The van der Waals surface area contributed by atoms with Crippen LogP contribution in [0.3, 0.4) is 0 Å². The van der Waals surface area contributed by atoms with Crippen molar-refractivity contribution < 1.29 is 14.5 Å². The molecule has 1 aromatic rings. The molecule has 0 saturated carbocycles. The third kappa shape index (κ3) is 3.11. The van der Waals surface area contributed by atoms with Crippen LogP contribution in [0.2, 0.25) is 0 Å². The predicted molar refractivity (Wildman–Crippen MR) is 88.1 cm³/mol. The highest BCUT2D eigenvalue weighted by Crippen LogP contribution is 2.22. The fraction of sp³-hybridized carbons (Fsp3) is 0.556. The summed E-state index contributed by atoms with van der Waals surface area (Å²) in [5, 5.41) is 0. The SMILES string of the molecule is NC(=O)C1([NH+]2CCCCC2)CCN(C(=O)c2ccccc2)CC1. The van der Waals surface area contributed by atoms with E-state index < -0.39 is 5.54 Å². The molecule has 2 heterocycles. The Balaban J connectivity index is 1.70. The lowest BCUT2D eigenvalue weighted by molar-refractivity contribution is -0.948. The number of carbonyl (C=O) groups is 2. The van der Waals surface area contributed by atoms with Gasteiger partial charge in [-0.3, -0.25) is 9.59 Å². The van der Waals surface area contributed by atoms with Crippen LogP contribution in [0, 0.1) is 0 Å². The Hall–Kier alpha value is -1.88. The zero-order chi connectivity index (χ0) is 16.3. The first-order valence-corrected chi connectivity index (χ1v) is 8.63. The number of benzene rings is 1. The number of likely N-dealkylation sites (tertiary alicyclic amines) is 2. The van der Waals surface area contributed by atoms with Gasteiger partial charge in [-0.15, -0.1) is 0 Å². The van der Waals surface area contributed by atoms with Gasteiger partial charge < -0.3 is 15.5 Å². The van der Waals surface area contributed by atoms with Crippen molar-refractivity contribution in [2.75, 3.05) is 26.2 Å². The smallest absolute Gasteiger partial charge is 0.278 e. The first-order valence-electron chi connectivity index (χ1n) is 8.63. The Labute approximate surface area is 137 Å². The van der Waals surface area contributed by atoms with Crippen molar-refractivity contribution in [2.45, 2.75) is 37.6 Å². The van der Waals surface area contributed by atoms with E-state index in [-0.39, 0.29) is 11.8 Å². The van der Waals surface area contributed by atoms with Crippen LogP contribution in [-0.4, -0.2) is 48.4 Å². The average molecular weight is 316 g/mol.